The third kappa shape index (κ3) is 3.89. The van der Waals surface area contributed by atoms with Gasteiger partial charge in [-0.1, -0.05) is 24.0 Å². The predicted molar refractivity (Wildman–Crippen MR) is 60.5 cm³/mol. The summed E-state index contributed by atoms with van der Waals surface area (Å²) in [5.74, 6) is 4.09. The van der Waals surface area contributed by atoms with Crippen LogP contribution in [-0.2, 0) is 16.1 Å². The molecule has 0 fully saturated rings. The van der Waals surface area contributed by atoms with Gasteiger partial charge >= 0.3 is 5.97 Å². The van der Waals surface area contributed by atoms with E-state index in [1.807, 2.05) is 0 Å². The minimum Gasteiger partial charge on any atom is -0.465 e. The number of carbonyl (C=O) groups is 1. The molecule has 0 atom stereocenters. The van der Waals surface area contributed by atoms with Crippen LogP contribution < -0.4 is 0 Å². The molecule has 1 rings (SSSR count). The molecule has 0 aliphatic heterocycles. The number of halogens is 1. The Morgan fingerprint density at radius 1 is 1.53 bits per heavy atom. The Kier molecular flexibility index (Phi) is 5.18. The van der Waals surface area contributed by atoms with Crippen LogP contribution in [-0.4, -0.2) is 17.7 Å². The number of benzene rings is 1. The van der Waals surface area contributed by atoms with E-state index in [0.717, 1.165) is 0 Å². The van der Waals surface area contributed by atoms with Gasteiger partial charge in [-0.15, -0.1) is 0 Å². The van der Waals surface area contributed by atoms with E-state index >= 15 is 0 Å². The number of hydrogen-bond donors (Lipinski definition) is 1. The van der Waals surface area contributed by atoms with Crippen LogP contribution in [0.3, 0.4) is 0 Å². The number of hydrogen-bond acceptors (Lipinski definition) is 3. The molecule has 0 aliphatic carbocycles. The van der Waals surface area contributed by atoms with Gasteiger partial charge in [0.05, 0.1) is 18.8 Å². The molecular weight excluding hydrogens is 223 g/mol. The zero-order valence-corrected chi connectivity index (χ0v) is 9.50. The first-order valence-corrected chi connectivity index (χ1v) is 5.21. The van der Waals surface area contributed by atoms with E-state index in [-0.39, 0.29) is 24.2 Å². The van der Waals surface area contributed by atoms with Crippen molar-refractivity contribution >= 4 is 5.97 Å². The van der Waals surface area contributed by atoms with Crippen molar-refractivity contribution in [3.63, 3.8) is 0 Å². The van der Waals surface area contributed by atoms with Gasteiger partial charge in [0, 0.05) is 5.56 Å². The van der Waals surface area contributed by atoms with Crippen molar-refractivity contribution in [3.8, 4) is 11.8 Å². The SMILES string of the molecule is CCOC(=O)CC#Cc1cccc(CO)c1F. The molecule has 0 bridgehead atoms. The second kappa shape index (κ2) is 6.66. The molecule has 4 heteroatoms. The molecule has 17 heavy (non-hydrogen) atoms. The lowest BCUT2D eigenvalue weighted by atomic mass is 10.1. The van der Waals surface area contributed by atoms with Gasteiger partial charge in [-0.2, -0.15) is 0 Å². The molecule has 3 nitrogen and oxygen atoms in total. The topological polar surface area (TPSA) is 46.5 Å². The highest BCUT2D eigenvalue weighted by Crippen LogP contribution is 2.11. The molecular formula is C13H13FO3. The van der Waals surface area contributed by atoms with Gasteiger partial charge in [0.15, 0.2) is 0 Å². The normalized spacial score (nSPS) is 9.35. The van der Waals surface area contributed by atoms with Gasteiger partial charge < -0.3 is 9.84 Å². The maximum absolute atomic E-state index is 13.6. The Labute approximate surface area is 99.2 Å². The van der Waals surface area contributed by atoms with Gasteiger partial charge in [-0.3, -0.25) is 4.79 Å². The smallest absolute Gasteiger partial charge is 0.317 e. The average Bonchev–Trinajstić information content (AvgIpc) is 2.32. The van der Waals surface area contributed by atoms with Gasteiger partial charge in [-0.25, -0.2) is 4.39 Å². The largest absolute Gasteiger partial charge is 0.465 e. The summed E-state index contributed by atoms with van der Waals surface area (Å²) >= 11 is 0. The van der Waals surface area contributed by atoms with E-state index in [1.54, 1.807) is 13.0 Å². The van der Waals surface area contributed by atoms with Crippen molar-refractivity contribution in [1.82, 2.24) is 0 Å². The van der Waals surface area contributed by atoms with Crippen LogP contribution in [0.4, 0.5) is 4.39 Å². The first-order chi connectivity index (χ1) is 8.19. The van der Waals surface area contributed by atoms with E-state index in [2.05, 4.69) is 16.6 Å². The Balaban J connectivity index is 2.75. The number of ether oxygens (including phenoxy) is 1. The van der Waals surface area contributed by atoms with Crippen LogP contribution in [0.15, 0.2) is 18.2 Å². The predicted octanol–water partition coefficient (Wildman–Crippen LogP) is 1.62. The first-order valence-electron chi connectivity index (χ1n) is 5.21. The number of esters is 1. The summed E-state index contributed by atoms with van der Waals surface area (Å²) in [6.07, 6.45) is -0.0728. The third-order valence-electron chi connectivity index (χ3n) is 2.01. The van der Waals surface area contributed by atoms with Crippen LogP contribution in [0.2, 0.25) is 0 Å². The monoisotopic (exact) mass is 236 g/mol. The molecule has 0 radical (unpaired) electrons. The molecule has 0 aromatic heterocycles. The highest BCUT2D eigenvalue weighted by Gasteiger charge is 2.04. The van der Waals surface area contributed by atoms with Crippen molar-refractivity contribution in [2.24, 2.45) is 0 Å². The lowest BCUT2D eigenvalue weighted by Gasteiger charge is -2.00. The van der Waals surface area contributed by atoms with Crippen LogP contribution in [0.5, 0.6) is 0 Å². The molecule has 90 valence electrons. The van der Waals surface area contributed by atoms with E-state index in [1.165, 1.54) is 12.1 Å². The average molecular weight is 236 g/mol. The zero-order chi connectivity index (χ0) is 12.7. The Bertz CT molecular complexity index is 457. The molecule has 0 amide bonds. The van der Waals surface area contributed by atoms with Crippen LogP contribution in [0, 0.1) is 17.7 Å². The fourth-order valence-electron chi connectivity index (χ4n) is 1.22. The maximum atomic E-state index is 13.6. The van der Waals surface area contributed by atoms with Crippen LogP contribution >= 0.6 is 0 Å². The third-order valence-corrected chi connectivity index (χ3v) is 2.01. The second-order valence-electron chi connectivity index (χ2n) is 3.22. The molecule has 1 N–H and O–H groups in total. The molecule has 0 saturated carbocycles. The Morgan fingerprint density at radius 3 is 2.94 bits per heavy atom. The summed E-state index contributed by atoms with van der Waals surface area (Å²) in [5.41, 5.74) is 0.355. The van der Waals surface area contributed by atoms with Gasteiger partial charge in [0.1, 0.15) is 12.2 Å². The minimum absolute atomic E-state index is 0.0728. The molecule has 0 aliphatic rings. The second-order valence-corrected chi connectivity index (χ2v) is 3.22. The van der Waals surface area contributed by atoms with E-state index < -0.39 is 11.8 Å². The summed E-state index contributed by atoms with van der Waals surface area (Å²) in [6.45, 7) is 1.63. The maximum Gasteiger partial charge on any atom is 0.317 e. The Hall–Kier alpha value is -1.86. The summed E-state index contributed by atoms with van der Waals surface area (Å²) in [4.78, 5) is 11.0. The fourth-order valence-corrected chi connectivity index (χ4v) is 1.22. The highest BCUT2D eigenvalue weighted by molar-refractivity contribution is 5.72. The quantitative estimate of drug-likeness (QED) is 0.640. The van der Waals surface area contributed by atoms with Crippen LogP contribution in [0.25, 0.3) is 0 Å². The van der Waals surface area contributed by atoms with Gasteiger partial charge in [0.25, 0.3) is 0 Å². The van der Waals surface area contributed by atoms with Gasteiger partial charge in [0.2, 0.25) is 0 Å². The molecule has 1 aromatic carbocycles. The lowest BCUT2D eigenvalue weighted by molar-refractivity contribution is -0.141. The first kappa shape index (κ1) is 13.2. The number of carbonyl (C=O) groups excluding carboxylic acids is 1. The summed E-state index contributed by atoms with van der Waals surface area (Å²) in [6, 6.07) is 4.57. The zero-order valence-electron chi connectivity index (χ0n) is 9.50. The number of aliphatic hydroxyl groups excluding tert-OH is 1. The summed E-state index contributed by atoms with van der Waals surface area (Å²) in [5, 5.41) is 8.86. The molecule has 0 unspecified atom stereocenters. The lowest BCUT2D eigenvalue weighted by Crippen LogP contribution is -2.01. The summed E-state index contributed by atoms with van der Waals surface area (Å²) in [7, 11) is 0. The van der Waals surface area contributed by atoms with Crippen molar-refractivity contribution in [1.29, 1.82) is 0 Å². The number of rotatable bonds is 3. The standard InChI is InChI=1S/C13H13FO3/c1-2-17-12(16)8-4-6-10-5-3-7-11(9-15)13(10)14/h3,5,7,15H,2,8-9H2,1H3. The molecule has 0 heterocycles. The molecule has 0 saturated heterocycles. The fraction of sp³-hybridized carbons (Fsp3) is 0.308. The highest BCUT2D eigenvalue weighted by atomic mass is 19.1. The number of aliphatic hydroxyl groups is 1. The molecule has 1 aromatic rings. The van der Waals surface area contributed by atoms with Crippen molar-refractivity contribution < 1.29 is 19.0 Å². The van der Waals surface area contributed by atoms with E-state index in [0.29, 0.717) is 6.61 Å². The molecule has 0 spiro atoms. The van der Waals surface area contributed by atoms with Crippen molar-refractivity contribution in [3.05, 3.63) is 35.1 Å². The minimum atomic E-state index is -0.550. The van der Waals surface area contributed by atoms with E-state index in [9.17, 15) is 9.18 Å². The van der Waals surface area contributed by atoms with Crippen LogP contribution in [0.1, 0.15) is 24.5 Å². The van der Waals surface area contributed by atoms with Crippen molar-refractivity contribution in [2.45, 2.75) is 20.0 Å². The Morgan fingerprint density at radius 2 is 2.29 bits per heavy atom. The van der Waals surface area contributed by atoms with E-state index in [4.69, 9.17) is 5.11 Å². The summed E-state index contributed by atoms with van der Waals surface area (Å²) < 4.78 is 18.2. The van der Waals surface area contributed by atoms with Crippen molar-refractivity contribution in [2.75, 3.05) is 6.61 Å². The van der Waals surface area contributed by atoms with Gasteiger partial charge in [-0.05, 0) is 13.0 Å².